The van der Waals surface area contributed by atoms with Crippen LogP contribution in [0.3, 0.4) is 0 Å². The molecule has 3 aromatic rings. The molecule has 1 aromatic carbocycles. The van der Waals surface area contributed by atoms with Crippen molar-refractivity contribution in [3.8, 4) is 21.8 Å². The summed E-state index contributed by atoms with van der Waals surface area (Å²) < 4.78 is 5.30. The zero-order valence-electron chi connectivity index (χ0n) is 14.3. The molecule has 1 saturated heterocycles. The standard InChI is InChI=1S/C20H19N3O2S/c24-19(23-9-11-25-12-10-23)13-15-1-3-16(4-2-15)18-14-26-20(22-18)17-5-7-21-8-6-17/h1-8,14H,9-13H2. The Bertz CT molecular complexity index is 872. The van der Waals surface area contributed by atoms with Crippen molar-refractivity contribution in [1.82, 2.24) is 14.9 Å². The molecule has 0 atom stereocenters. The molecule has 0 unspecified atom stereocenters. The molecule has 6 heteroatoms. The lowest BCUT2D eigenvalue weighted by Crippen LogP contribution is -2.41. The van der Waals surface area contributed by atoms with Gasteiger partial charge in [-0.3, -0.25) is 9.78 Å². The summed E-state index contributed by atoms with van der Waals surface area (Å²) >= 11 is 1.62. The highest BCUT2D eigenvalue weighted by molar-refractivity contribution is 7.13. The summed E-state index contributed by atoms with van der Waals surface area (Å²) in [5.41, 5.74) is 4.11. The van der Waals surface area contributed by atoms with E-state index >= 15 is 0 Å². The third kappa shape index (κ3) is 3.81. The topological polar surface area (TPSA) is 55.3 Å². The van der Waals surface area contributed by atoms with Crippen LogP contribution in [0.15, 0.2) is 54.2 Å². The van der Waals surface area contributed by atoms with E-state index in [0.29, 0.717) is 32.7 Å². The van der Waals surface area contributed by atoms with E-state index in [2.05, 4.69) is 10.4 Å². The van der Waals surface area contributed by atoms with Crippen molar-refractivity contribution in [2.45, 2.75) is 6.42 Å². The maximum Gasteiger partial charge on any atom is 0.227 e. The third-order valence-corrected chi connectivity index (χ3v) is 5.29. The van der Waals surface area contributed by atoms with E-state index in [1.165, 1.54) is 0 Å². The van der Waals surface area contributed by atoms with Gasteiger partial charge >= 0.3 is 0 Å². The van der Waals surface area contributed by atoms with Crippen LogP contribution in [0.25, 0.3) is 21.8 Å². The summed E-state index contributed by atoms with van der Waals surface area (Å²) in [5.74, 6) is 0.162. The maximum atomic E-state index is 12.3. The van der Waals surface area contributed by atoms with Crippen LogP contribution in [0.4, 0.5) is 0 Å². The van der Waals surface area contributed by atoms with Crippen LogP contribution < -0.4 is 0 Å². The van der Waals surface area contributed by atoms with E-state index in [-0.39, 0.29) is 5.91 Å². The first-order valence-electron chi connectivity index (χ1n) is 8.60. The number of pyridine rings is 1. The Morgan fingerprint density at radius 1 is 1.04 bits per heavy atom. The molecule has 26 heavy (non-hydrogen) atoms. The fourth-order valence-corrected chi connectivity index (χ4v) is 3.76. The Morgan fingerprint density at radius 2 is 1.77 bits per heavy atom. The molecule has 1 amide bonds. The fraction of sp³-hybridized carbons (Fsp3) is 0.250. The molecule has 1 aliphatic rings. The van der Waals surface area contributed by atoms with Crippen LogP contribution in [0.5, 0.6) is 0 Å². The van der Waals surface area contributed by atoms with E-state index in [4.69, 9.17) is 9.72 Å². The highest BCUT2D eigenvalue weighted by atomic mass is 32.1. The zero-order chi connectivity index (χ0) is 17.8. The predicted molar refractivity (Wildman–Crippen MR) is 102 cm³/mol. The monoisotopic (exact) mass is 365 g/mol. The Hall–Kier alpha value is -2.57. The number of carbonyl (C=O) groups is 1. The largest absolute Gasteiger partial charge is 0.378 e. The average molecular weight is 365 g/mol. The van der Waals surface area contributed by atoms with Crippen LogP contribution >= 0.6 is 11.3 Å². The summed E-state index contributed by atoms with van der Waals surface area (Å²) in [6, 6.07) is 12.0. The van der Waals surface area contributed by atoms with Gasteiger partial charge in [-0.05, 0) is 17.7 Å². The van der Waals surface area contributed by atoms with Crippen molar-refractivity contribution >= 4 is 17.2 Å². The highest BCUT2D eigenvalue weighted by Gasteiger charge is 2.17. The van der Waals surface area contributed by atoms with Crippen LogP contribution in [0, 0.1) is 0 Å². The van der Waals surface area contributed by atoms with E-state index in [9.17, 15) is 4.79 Å². The Kier molecular flexibility index (Phi) is 5.04. The highest BCUT2D eigenvalue weighted by Crippen LogP contribution is 2.28. The van der Waals surface area contributed by atoms with Crippen molar-refractivity contribution < 1.29 is 9.53 Å². The number of nitrogens with zero attached hydrogens (tertiary/aromatic N) is 3. The van der Waals surface area contributed by atoms with Gasteiger partial charge in [-0.15, -0.1) is 11.3 Å². The lowest BCUT2D eigenvalue weighted by molar-refractivity contribution is -0.134. The van der Waals surface area contributed by atoms with Crippen LogP contribution in [0.2, 0.25) is 0 Å². The smallest absolute Gasteiger partial charge is 0.227 e. The summed E-state index contributed by atoms with van der Waals surface area (Å²) in [5, 5.41) is 3.04. The molecular formula is C20H19N3O2S. The number of benzene rings is 1. The molecule has 0 N–H and O–H groups in total. The summed E-state index contributed by atoms with van der Waals surface area (Å²) in [6.07, 6.45) is 3.98. The summed E-state index contributed by atoms with van der Waals surface area (Å²) in [6.45, 7) is 2.64. The van der Waals surface area contributed by atoms with E-state index in [0.717, 1.165) is 27.4 Å². The van der Waals surface area contributed by atoms with Crippen LogP contribution in [-0.2, 0) is 16.0 Å². The normalized spacial score (nSPS) is 14.4. The minimum absolute atomic E-state index is 0.162. The molecule has 0 saturated carbocycles. The number of thiazole rings is 1. The van der Waals surface area contributed by atoms with Gasteiger partial charge in [0.1, 0.15) is 5.01 Å². The van der Waals surface area contributed by atoms with Gasteiger partial charge in [0.25, 0.3) is 0 Å². The number of amides is 1. The van der Waals surface area contributed by atoms with Crippen molar-refractivity contribution in [3.63, 3.8) is 0 Å². The molecule has 0 spiro atoms. The number of hydrogen-bond donors (Lipinski definition) is 0. The molecule has 0 bridgehead atoms. The number of carbonyl (C=O) groups excluding carboxylic acids is 1. The molecule has 132 valence electrons. The quantitative estimate of drug-likeness (QED) is 0.712. The number of rotatable bonds is 4. The second-order valence-corrected chi connectivity index (χ2v) is 7.00. The molecule has 0 aliphatic carbocycles. The first-order valence-corrected chi connectivity index (χ1v) is 9.48. The summed E-state index contributed by atoms with van der Waals surface area (Å²) in [7, 11) is 0. The van der Waals surface area contributed by atoms with Crippen molar-refractivity contribution in [2.24, 2.45) is 0 Å². The Labute approximate surface area is 156 Å². The van der Waals surface area contributed by atoms with Gasteiger partial charge in [-0.1, -0.05) is 24.3 Å². The fourth-order valence-electron chi connectivity index (χ4n) is 2.93. The number of morpholine rings is 1. The Balaban J connectivity index is 1.44. The van der Waals surface area contributed by atoms with Gasteiger partial charge in [0, 0.05) is 42.0 Å². The second kappa shape index (κ2) is 7.76. The van der Waals surface area contributed by atoms with E-state index in [1.807, 2.05) is 41.3 Å². The minimum atomic E-state index is 0.162. The van der Waals surface area contributed by atoms with Gasteiger partial charge in [0.05, 0.1) is 25.3 Å². The molecule has 4 rings (SSSR count). The van der Waals surface area contributed by atoms with E-state index in [1.54, 1.807) is 23.7 Å². The van der Waals surface area contributed by atoms with Crippen molar-refractivity contribution in [1.29, 1.82) is 0 Å². The lowest BCUT2D eigenvalue weighted by atomic mass is 10.1. The molecular weight excluding hydrogens is 346 g/mol. The lowest BCUT2D eigenvalue weighted by Gasteiger charge is -2.26. The van der Waals surface area contributed by atoms with Gasteiger partial charge in [0.2, 0.25) is 5.91 Å². The van der Waals surface area contributed by atoms with Gasteiger partial charge in [-0.2, -0.15) is 0 Å². The maximum absolute atomic E-state index is 12.3. The zero-order valence-corrected chi connectivity index (χ0v) is 15.1. The molecule has 2 aromatic heterocycles. The third-order valence-electron chi connectivity index (χ3n) is 4.40. The van der Waals surface area contributed by atoms with Crippen molar-refractivity contribution in [2.75, 3.05) is 26.3 Å². The molecule has 0 radical (unpaired) electrons. The molecule has 3 heterocycles. The first-order chi connectivity index (χ1) is 12.8. The first kappa shape index (κ1) is 16.9. The number of hydrogen-bond acceptors (Lipinski definition) is 5. The van der Waals surface area contributed by atoms with Gasteiger partial charge in [-0.25, -0.2) is 4.98 Å². The predicted octanol–water partition coefficient (Wildman–Crippen LogP) is 3.27. The van der Waals surface area contributed by atoms with Crippen LogP contribution in [0.1, 0.15) is 5.56 Å². The van der Waals surface area contributed by atoms with E-state index < -0.39 is 0 Å². The second-order valence-electron chi connectivity index (χ2n) is 6.14. The number of aromatic nitrogens is 2. The van der Waals surface area contributed by atoms with Crippen LogP contribution in [-0.4, -0.2) is 47.1 Å². The summed E-state index contributed by atoms with van der Waals surface area (Å²) in [4.78, 5) is 23.0. The molecule has 1 aliphatic heterocycles. The number of ether oxygens (including phenoxy) is 1. The molecule has 5 nitrogen and oxygen atoms in total. The Morgan fingerprint density at radius 3 is 2.50 bits per heavy atom. The average Bonchev–Trinajstić information content (AvgIpc) is 3.20. The SMILES string of the molecule is O=C(Cc1ccc(-c2csc(-c3ccncc3)n2)cc1)N1CCOCC1. The minimum Gasteiger partial charge on any atom is -0.378 e. The van der Waals surface area contributed by atoms with Gasteiger partial charge in [0.15, 0.2) is 0 Å². The molecule has 1 fully saturated rings. The van der Waals surface area contributed by atoms with Crippen molar-refractivity contribution in [3.05, 3.63) is 59.7 Å². The van der Waals surface area contributed by atoms with Gasteiger partial charge < -0.3 is 9.64 Å².